The third-order valence-electron chi connectivity index (χ3n) is 6.83. The number of carbonyl (C=O) groups is 2. The summed E-state index contributed by atoms with van der Waals surface area (Å²) in [4.78, 5) is 49.1. The molecule has 0 unspecified atom stereocenters. The summed E-state index contributed by atoms with van der Waals surface area (Å²) in [7, 11) is 0. The second-order valence-corrected chi connectivity index (χ2v) is 13.8. The van der Waals surface area contributed by atoms with Gasteiger partial charge in [-0.25, -0.2) is 14.8 Å². The van der Waals surface area contributed by atoms with Crippen LogP contribution in [0.5, 0.6) is 0 Å². The van der Waals surface area contributed by atoms with E-state index in [9.17, 15) is 28.3 Å². The molecular formula is C28H36F2N6O7S2. The second-order valence-electron chi connectivity index (χ2n) is 11.5. The molecule has 0 aromatic carbocycles. The fourth-order valence-electron chi connectivity index (χ4n) is 4.33. The quantitative estimate of drug-likeness (QED) is 0.143. The number of amides is 2. The van der Waals surface area contributed by atoms with E-state index in [1.807, 2.05) is 0 Å². The van der Waals surface area contributed by atoms with Gasteiger partial charge in [0.05, 0.1) is 29.0 Å². The average Bonchev–Trinajstić information content (AvgIpc) is 3.69. The molecule has 4 rings (SSSR count). The van der Waals surface area contributed by atoms with Gasteiger partial charge < -0.3 is 30.0 Å². The zero-order valence-electron chi connectivity index (χ0n) is 25.0. The average molecular weight is 671 g/mol. The molecule has 4 heterocycles. The van der Waals surface area contributed by atoms with Crippen molar-refractivity contribution in [3.8, 4) is 0 Å². The highest BCUT2D eigenvalue weighted by Gasteiger charge is 2.59. The van der Waals surface area contributed by atoms with Crippen LogP contribution in [0.4, 0.5) is 19.7 Å². The van der Waals surface area contributed by atoms with E-state index in [1.165, 1.54) is 29.2 Å². The van der Waals surface area contributed by atoms with Crippen LogP contribution in [-0.2, 0) is 25.5 Å². The molecule has 0 radical (unpaired) electrons. The Morgan fingerprint density at radius 1 is 1.11 bits per heavy atom. The van der Waals surface area contributed by atoms with E-state index in [4.69, 9.17) is 14.3 Å². The molecule has 1 aliphatic heterocycles. The lowest BCUT2D eigenvalue weighted by Crippen LogP contribution is -2.41. The van der Waals surface area contributed by atoms with E-state index >= 15 is 0 Å². The summed E-state index contributed by atoms with van der Waals surface area (Å²) in [6, 6.07) is 1.17. The number of halogens is 2. The molecule has 0 spiro atoms. The number of unbranched alkanes of at least 4 members (excludes halogenated alkanes) is 3. The van der Waals surface area contributed by atoms with Gasteiger partial charge >= 0.3 is 11.6 Å². The zero-order valence-corrected chi connectivity index (χ0v) is 26.6. The van der Waals surface area contributed by atoms with Crippen molar-refractivity contribution in [3.63, 3.8) is 0 Å². The summed E-state index contributed by atoms with van der Waals surface area (Å²) in [5.41, 5.74) is -1.23. The Labute approximate surface area is 265 Å². The first-order valence-corrected chi connectivity index (χ1v) is 16.1. The van der Waals surface area contributed by atoms with Gasteiger partial charge in [0.25, 0.3) is 0 Å². The number of aromatic nitrogens is 4. The fraction of sp³-hybridized carbons (Fsp3) is 0.571. The van der Waals surface area contributed by atoms with Crippen molar-refractivity contribution in [3.05, 3.63) is 46.8 Å². The number of ether oxygens (including phenoxy) is 1. The van der Waals surface area contributed by atoms with Crippen molar-refractivity contribution >= 4 is 45.9 Å². The summed E-state index contributed by atoms with van der Waals surface area (Å²) in [6.45, 7) is 5.32. The fourth-order valence-corrected chi connectivity index (χ4v) is 6.07. The van der Waals surface area contributed by atoms with E-state index in [1.54, 1.807) is 12.4 Å². The van der Waals surface area contributed by atoms with Crippen LogP contribution in [-0.4, -0.2) is 66.3 Å². The number of hydrogen-bond donors (Lipinski definition) is 4. The molecule has 2 amide bonds. The first kappa shape index (κ1) is 34.6. The van der Waals surface area contributed by atoms with Crippen LogP contribution in [0.3, 0.4) is 0 Å². The predicted molar refractivity (Wildman–Crippen MR) is 162 cm³/mol. The molecule has 17 heteroatoms. The third kappa shape index (κ3) is 9.16. The van der Waals surface area contributed by atoms with Crippen molar-refractivity contribution < 1.29 is 37.7 Å². The van der Waals surface area contributed by atoms with Crippen molar-refractivity contribution in [1.29, 1.82) is 0 Å². The predicted octanol–water partition coefficient (Wildman–Crippen LogP) is 4.08. The number of oxazole rings is 1. The third-order valence-corrected chi connectivity index (χ3v) is 8.92. The number of thioether (sulfide) groups is 1. The van der Waals surface area contributed by atoms with Gasteiger partial charge in [0.15, 0.2) is 11.2 Å². The minimum absolute atomic E-state index is 0.110. The Bertz CT molecular complexity index is 1520. The van der Waals surface area contributed by atoms with Crippen molar-refractivity contribution in [2.75, 3.05) is 17.2 Å². The molecular weight excluding hydrogens is 634 g/mol. The highest BCUT2D eigenvalue weighted by Crippen LogP contribution is 2.42. The number of rotatable bonds is 14. The lowest BCUT2D eigenvalue weighted by molar-refractivity contribution is -0.141. The number of anilines is 2. The molecule has 45 heavy (non-hydrogen) atoms. The molecule has 0 aliphatic carbocycles. The number of nitrogens with zero attached hydrogens (tertiary/aromatic N) is 4. The first-order valence-electron chi connectivity index (χ1n) is 14.3. The van der Waals surface area contributed by atoms with Crippen LogP contribution in [0.2, 0.25) is 0 Å². The SMILES string of the molecule is CC(C)(C)c1cnc(CSc2cnc(NC(=O)CCCCCCC(=O)Nc3ccn([C@@H]4O[C@H](CO)[C@@H](O)C4(F)F)c(=O)n3)s2)o1. The number of carbonyl (C=O) groups excluding carboxylic acids is 2. The first-order chi connectivity index (χ1) is 21.3. The van der Waals surface area contributed by atoms with Gasteiger partial charge in [-0.2, -0.15) is 13.8 Å². The van der Waals surface area contributed by atoms with Gasteiger partial charge in [-0.1, -0.05) is 44.9 Å². The molecule has 0 saturated carbocycles. The van der Waals surface area contributed by atoms with Crippen molar-refractivity contribution in [2.45, 2.75) is 99.0 Å². The molecule has 1 saturated heterocycles. The standard InChI is InChI=1S/C28H36F2N6O7S2/c1-27(2,3)17-12-31-21(43-17)15-44-22-13-32-25(45-22)35-20(39)9-7-5-4-6-8-19(38)33-18-10-11-36(26(41)34-18)24-28(29,30)23(40)16(14-37)42-24/h10-13,16,23-24,37,40H,4-9,14-15H2,1-3H3,(H,32,35,39)(H,33,34,38,41)/t16-,23-,24-/m1/s1. The normalized spacial score (nSPS) is 19.5. The molecule has 1 fully saturated rings. The van der Waals surface area contributed by atoms with Gasteiger partial charge in [-0.15, -0.1) is 11.8 Å². The molecule has 1 aliphatic rings. The van der Waals surface area contributed by atoms with E-state index < -0.39 is 42.6 Å². The Morgan fingerprint density at radius 2 is 1.80 bits per heavy atom. The summed E-state index contributed by atoms with van der Waals surface area (Å²) < 4.78 is 40.8. The van der Waals surface area contributed by atoms with E-state index in [-0.39, 0.29) is 23.6 Å². The van der Waals surface area contributed by atoms with Gasteiger partial charge in [0.2, 0.25) is 23.9 Å². The minimum atomic E-state index is -3.83. The Hall–Kier alpha value is -3.25. The maximum Gasteiger partial charge on any atom is 0.351 e. The highest BCUT2D eigenvalue weighted by molar-refractivity contribution is 8.00. The van der Waals surface area contributed by atoms with Crippen LogP contribution in [0.25, 0.3) is 0 Å². The molecule has 13 nitrogen and oxygen atoms in total. The van der Waals surface area contributed by atoms with Crippen LogP contribution in [0.1, 0.15) is 77.2 Å². The number of nitrogens with one attached hydrogen (secondary N) is 2. The molecule has 3 atom stereocenters. The van der Waals surface area contributed by atoms with Crippen LogP contribution < -0.4 is 16.3 Å². The summed E-state index contributed by atoms with van der Waals surface area (Å²) in [6.07, 6.45) is 1.44. The molecule has 3 aromatic heterocycles. The lowest BCUT2D eigenvalue weighted by Gasteiger charge is -2.21. The van der Waals surface area contributed by atoms with Crippen LogP contribution in [0, 0.1) is 0 Å². The van der Waals surface area contributed by atoms with Crippen molar-refractivity contribution in [2.24, 2.45) is 0 Å². The monoisotopic (exact) mass is 670 g/mol. The summed E-state index contributed by atoms with van der Waals surface area (Å²) in [5, 5.41) is 24.5. The molecule has 3 aromatic rings. The number of aliphatic hydroxyl groups is 2. The number of thiazole rings is 1. The van der Waals surface area contributed by atoms with Gasteiger partial charge in [0.1, 0.15) is 17.7 Å². The van der Waals surface area contributed by atoms with E-state index in [0.717, 1.165) is 22.6 Å². The van der Waals surface area contributed by atoms with Gasteiger partial charge in [-0.05, 0) is 18.9 Å². The number of aliphatic hydroxyl groups excluding tert-OH is 2. The molecule has 0 bridgehead atoms. The number of alkyl halides is 2. The van der Waals surface area contributed by atoms with E-state index in [2.05, 4.69) is 46.4 Å². The van der Waals surface area contributed by atoms with Crippen LogP contribution >= 0.6 is 23.1 Å². The number of hydrogen-bond acceptors (Lipinski definition) is 12. The molecule has 4 N–H and O–H groups in total. The van der Waals surface area contributed by atoms with E-state index in [0.29, 0.717) is 47.0 Å². The second kappa shape index (κ2) is 14.9. The lowest BCUT2D eigenvalue weighted by atomic mass is 9.94. The van der Waals surface area contributed by atoms with Gasteiger partial charge in [0, 0.05) is 24.5 Å². The Morgan fingerprint density at radius 3 is 2.40 bits per heavy atom. The Kier molecular flexibility index (Phi) is 11.5. The maximum absolute atomic E-state index is 14.3. The largest absolute Gasteiger partial charge is 0.444 e. The van der Waals surface area contributed by atoms with Gasteiger partial charge in [-0.3, -0.25) is 14.2 Å². The highest BCUT2D eigenvalue weighted by atomic mass is 32.2. The zero-order chi connectivity index (χ0) is 32.8. The Balaban J connectivity index is 1.10. The topological polar surface area (TPSA) is 182 Å². The molecule has 246 valence electrons. The maximum atomic E-state index is 14.3. The van der Waals surface area contributed by atoms with Crippen molar-refractivity contribution in [1.82, 2.24) is 19.5 Å². The minimum Gasteiger partial charge on any atom is -0.444 e. The summed E-state index contributed by atoms with van der Waals surface area (Å²) >= 11 is 2.90. The van der Waals surface area contributed by atoms with Crippen LogP contribution in [0.15, 0.2) is 38.1 Å². The smallest absolute Gasteiger partial charge is 0.351 e. The summed E-state index contributed by atoms with van der Waals surface area (Å²) in [5.74, 6) is -2.49.